The van der Waals surface area contributed by atoms with Crippen LogP contribution in [-0.2, 0) is 13.0 Å². The van der Waals surface area contributed by atoms with Crippen LogP contribution in [0.15, 0.2) is 30.9 Å². The zero-order valence-corrected chi connectivity index (χ0v) is 16.1. The van der Waals surface area contributed by atoms with Gasteiger partial charge in [0.2, 0.25) is 0 Å². The zero-order chi connectivity index (χ0) is 18.8. The van der Waals surface area contributed by atoms with Crippen LogP contribution in [0, 0.1) is 13.8 Å². The summed E-state index contributed by atoms with van der Waals surface area (Å²) >= 11 is 0. The number of nitrogens with zero attached hydrogens (tertiary/aromatic N) is 6. The molecule has 0 fully saturated rings. The Bertz CT molecular complexity index is 1060. The molecule has 4 heterocycles. The van der Waals surface area contributed by atoms with Crippen molar-refractivity contribution in [3.05, 3.63) is 47.8 Å². The minimum absolute atomic E-state index is 0.759. The average Bonchev–Trinajstić information content (AvgIpc) is 3.26. The summed E-state index contributed by atoms with van der Waals surface area (Å²) in [6.45, 7) is 8.07. The van der Waals surface area contributed by atoms with Gasteiger partial charge in [-0.1, -0.05) is 13.3 Å². The number of fused-ring (bicyclic) bond motifs is 3. The van der Waals surface area contributed by atoms with E-state index in [1.165, 1.54) is 5.56 Å². The molecule has 0 aliphatic rings. The van der Waals surface area contributed by atoms with Crippen LogP contribution in [0.4, 0.5) is 5.82 Å². The maximum atomic E-state index is 4.88. The van der Waals surface area contributed by atoms with E-state index in [-0.39, 0.29) is 0 Å². The molecule has 0 spiro atoms. The largest absolute Gasteiger partial charge is 0.370 e. The molecule has 0 amide bonds. The molecule has 4 aromatic heterocycles. The highest BCUT2D eigenvalue weighted by Gasteiger charge is 2.15. The highest BCUT2D eigenvalue weighted by atomic mass is 15.3. The number of hydrogen-bond acceptors (Lipinski definition) is 5. The summed E-state index contributed by atoms with van der Waals surface area (Å²) in [6.07, 6.45) is 8.66. The fourth-order valence-electron chi connectivity index (χ4n) is 3.48. The Hall–Kier alpha value is -2.96. The second-order valence-electron chi connectivity index (χ2n) is 6.98. The van der Waals surface area contributed by atoms with Gasteiger partial charge in [-0.2, -0.15) is 4.52 Å². The standard InChI is InChI=1S/C20H25N7/c1-4-6-16-12-17(22-7-5-9-26-10-8-21-13-26)27-20(24-16)18-14(2)11-15(3)23-19(18)25-27/h8,10-13,22H,4-7,9H2,1-3H3. The lowest BCUT2D eigenvalue weighted by Gasteiger charge is -2.10. The number of aryl methyl sites for hydroxylation is 4. The molecule has 4 aromatic rings. The average molecular weight is 363 g/mol. The minimum Gasteiger partial charge on any atom is -0.370 e. The molecule has 0 atom stereocenters. The van der Waals surface area contributed by atoms with Crippen molar-refractivity contribution < 1.29 is 0 Å². The van der Waals surface area contributed by atoms with Crippen molar-refractivity contribution >= 4 is 22.5 Å². The predicted molar refractivity (Wildman–Crippen MR) is 107 cm³/mol. The van der Waals surface area contributed by atoms with Crippen LogP contribution in [0.1, 0.15) is 36.7 Å². The molecular weight excluding hydrogens is 338 g/mol. The monoisotopic (exact) mass is 363 g/mol. The highest BCUT2D eigenvalue weighted by molar-refractivity contribution is 5.93. The van der Waals surface area contributed by atoms with Crippen molar-refractivity contribution in [3.8, 4) is 0 Å². The summed E-state index contributed by atoms with van der Waals surface area (Å²) in [5.41, 5.74) is 4.88. The summed E-state index contributed by atoms with van der Waals surface area (Å²) in [5, 5.41) is 9.32. The van der Waals surface area contributed by atoms with Crippen LogP contribution in [0.5, 0.6) is 0 Å². The van der Waals surface area contributed by atoms with Crippen LogP contribution in [0.25, 0.3) is 16.7 Å². The number of anilines is 1. The van der Waals surface area contributed by atoms with Crippen molar-refractivity contribution in [2.24, 2.45) is 0 Å². The predicted octanol–water partition coefficient (Wildman–Crippen LogP) is 3.55. The van der Waals surface area contributed by atoms with Crippen molar-refractivity contribution in [2.45, 2.75) is 46.6 Å². The topological polar surface area (TPSA) is 72.9 Å². The lowest BCUT2D eigenvalue weighted by atomic mass is 10.2. The summed E-state index contributed by atoms with van der Waals surface area (Å²) in [5.74, 6) is 0.976. The normalized spacial score (nSPS) is 11.5. The molecule has 27 heavy (non-hydrogen) atoms. The van der Waals surface area contributed by atoms with Gasteiger partial charge in [-0.3, -0.25) is 0 Å². The van der Waals surface area contributed by atoms with Crippen molar-refractivity contribution in [1.82, 2.24) is 29.1 Å². The fourth-order valence-corrected chi connectivity index (χ4v) is 3.48. The van der Waals surface area contributed by atoms with E-state index in [0.717, 1.165) is 66.2 Å². The van der Waals surface area contributed by atoms with Gasteiger partial charge in [0.05, 0.1) is 11.7 Å². The number of rotatable bonds is 7. The molecule has 0 aromatic carbocycles. The second-order valence-corrected chi connectivity index (χ2v) is 6.98. The van der Waals surface area contributed by atoms with E-state index in [1.54, 1.807) is 0 Å². The van der Waals surface area contributed by atoms with E-state index in [2.05, 4.69) is 45.8 Å². The third-order valence-corrected chi connectivity index (χ3v) is 4.69. The first-order chi connectivity index (χ1) is 13.2. The maximum Gasteiger partial charge on any atom is 0.184 e. The molecular formula is C20H25N7. The first-order valence-corrected chi connectivity index (χ1v) is 9.52. The van der Waals surface area contributed by atoms with Gasteiger partial charge in [-0.05, 0) is 38.3 Å². The molecule has 7 nitrogen and oxygen atoms in total. The van der Waals surface area contributed by atoms with Crippen LogP contribution in [0.3, 0.4) is 0 Å². The molecule has 0 bridgehead atoms. The van der Waals surface area contributed by atoms with E-state index in [9.17, 15) is 0 Å². The first-order valence-electron chi connectivity index (χ1n) is 9.52. The van der Waals surface area contributed by atoms with Crippen LogP contribution in [0.2, 0.25) is 0 Å². The maximum absolute atomic E-state index is 4.88. The van der Waals surface area contributed by atoms with Gasteiger partial charge in [-0.25, -0.2) is 15.0 Å². The molecule has 0 saturated carbocycles. The molecule has 0 aliphatic heterocycles. The third kappa shape index (κ3) is 3.49. The van der Waals surface area contributed by atoms with Gasteiger partial charge in [0.25, 0.3) is 0 Å². The summed E-state index contributed by atoms with van der Waals surface area (Å²) in [4.78, 5) is 13.6. The Morgan fingerprint density at radius 3 is 2.81 bits per heavy atom. The number of hydrogen-bond donors (Lipinski definition) is 1. The van der Waals surface area contributed by atoms with Gasteiger partial charge in [-0.15, -0.1) is 5.10 Å². The summed E-state index contributed by atoms with van der Waals surface area (Å²) in [7, 11) is 0. The van der Waals surface area contributed by atoms with Gasteiger partial charge >= 0.3 is 0 Å². The second kappa shape index (κ2) is 7.34. The van der Waals surface area contributed by atoms with Gasteiger partial charge < -0.3 is 9.88 Å². The Morgan fingerprint density at radius 2 is 2.04 bits per heavy atom. The van der Waals surface area contributed by atoms with E-state index in [4.69, 9.17) is 10.1 Å². The van der Waals surface area contributed by atoms with Crippen molar-refractivity contribution in [2.75, 3.05) is 11.9 Å². The molecule has 1 N–H and O–H groups in total. The Balaban J connectivity index is 1.68. The summed E-state index contributed by atoms with van der Waals surface area (Å²) in [6, 6.07) is 4.21. The van der Waals surface area contributed by atoms with Crippen molar-refractivity contribution in [1.29, 1.82) is 0 Å². The van der Waals surface area contributed by atoms with Crippen molar-refractivity contribution in [3.63, 3.8) is 0 Å². The zero-order valence-electron chi connectivity index (χ0n) is 16.1. The van der Waals surface area contributed by atoms with Gasteiger partial charge in [0.1, 0.15) is 5.82 Å². The molecule has 0 aliphatic carbocycles. The van der Waals surface area contributed by atoms with Gasteiger partial charge in [0.15, 0.2) is 11.3 Å². The number of nitrogens with one attached hydrogen (secondary N) is 1. The minimum atomic E-state index is 0.759. The lowest BCUT2D eigenvalue weighted by Crippen LogP contribution is -2.10. The van der Waals surface area contributed by atoms with Crippen LogP contribution >= 0.6 is 0 Å². The highest BCUT2D eigenvalue weighted by Crippen LogP contribution is 2.25. The first kappa shape index (κ1) is 17.5. The van der Waals surface area contributed by atoms with E-state index >= 15 is 0 Å². The van der Waals surface area contributed by atoms with E-state index in [0.29, 0.717) is 0 Å². The van der Waals surface area contributed by atoms with Crippen LogP contribution < -0.4 is 5.32 Å². The third-order valence-electron chi connectivity index (χ3n) is 4.69. The smallest absolute Gasteiger partial charge is 0.184 e. The molecule has 0 radical (unpaired) electrons. The molecule has 0 saturated heterocycles. The Morgan fingerprint density at radius 1 is 1.15 bits per heavy atom. The number of pyridine rings is 1. The SMILES string of the molecule is CCCc1cc(NCCCn2ccnc2)n2nc3nc(C)cc(C)c3c2n1. The number of aromatic nitrogens is 6. The quantitative estimate of drug-likeness (QED) is 0.508. The molecule has 0 unspecified atom stereocenters. The van der Waals surface area contributed by atoms with E-state index in [1.807, 2.05) is 30.2 Å². The number of imidazole rings is 1. The van der Waals surface area contributed by atoms with Gasteiger partial charge in [0, 0.05) is 42.9 Å². The fraction of sp³-hybridized carbons (Fsp3) is 0.400. The Kier molecular flexibility index (Phi) is 4.75. The summed E-state index contributed by atoms with van der Waals surface area (Å²) < 4.78 is 3.99. The molecule has 7 heteroatoms. The van der Waals surface area contributed by atoms with E-state index < -0.39 is 0 Å². The molecule has 140 valence electrons. The lowest BCUT2D eigenvalue weighted by molar-refractivity contribution is 0.659. The molecule has 4 rings (SSSR count). The Labute approximate surface area is 158 Å². The van der Waals surface area contributed by atoms with Crippen LogP contribution in [-0.4, -0.2) is 35.7 Å².